The minimum Gasteiger partial charge on any atom is -0.312 e. The predicted octanol–water partition coefficient (Wildman–Crippen LogP) is 3.13. The van der Waals surface area contributed by atoms with Gasteiger partial charge in [0.1, 0.15) is 11.9 Å². The molecular weight excluding hydrogens is 251 g/mol. The molecule has 20 heavy (non-hydrogen) atoms. The maximum absolute atomic E-state index is 13.2. The molecule has 0 aromatic heterocycles. The molecule has 2 nitrogen and oxygen atoms in total. The van der Waals surface area contributed by atoms with Gasteiger partial charge in [-0.25, -0.2) is 4.39 Å². The molecule has 100 valence electrons. The molecule has 1 atom stereocenters. The van der Waals surface area contributed by atoms with Gasteiger partial charge in [-0.2, -0.15) is 5.26 Å². The summed E-state index contributed by atoms with van der Waals surface area (Å²) >= 11 is 0. The van der Waals surface area contributed by atoms with Crippen LogP contribution in [0.25, 0.3) is 0 Å². The second-order valence-corrected chi connectivity index (χ2v) is 5.16. The van der Waals surface area contributed by atoms with Crippen LogP contribution in [0.2, 0.25) is 0 Å². The van der Waals surface area contributed by atoms with Crippen LogP contribution in [0.15, 0.2) is 42.5 Å². The summed E-state index contributed by atoms with van der Waals surface area (Å²) in [5, 5.41) is 12.2. The van der Waals surface area contributed by atoms with Gasteiger partial charge >= 0.3 is 0 Å². The minimum absolute atomic E-state index is 0.110. The molecule has 0 saturated heterocycles. The standard InChI is InChI=1S/C17H15FN2/c18-17-6-5-12(7-14(17)9-19)10-20-11-15-8-13-3-1-2-4-16(13)15/h1-7,15,20H,8,10-11H2. The van der Waals surface area contributed by atoms with Gasteiger partial charge in [0.2, 0.25) is 0 Å². The van der Waals surface area contributed by atoms with Gasteiger partial charge in [0.15, 0.2) is 0 Å². The van der Waals surface area contributed by atoms with Gasteiger partial charge in [0.25, 0.3) is 0 Å². The number of nitrogens with one attached hydrogen (secondary N) is 1. The van der Waals surface area contributed by atoms with Crippen molar-refractivity contribution in [2.24, 2.45) is 0 Å². The van der Waals surface area contributed by atoms with Crippen molar-refractivity contribution < 1.29 is 4.39 Å². The van der Waals surface area contributed by atoms with Crippen molar-refractivity contribution in [3.8, 4) is 6.07 Å². The molecule has 0 spiro atoms. The quantitative estimate of drug-likeness (QED) is 0.923. The SMILES string of the molecule is N#Cc1cc(CNCC2Cc3ccccc32)ccc1F. The summed E-state index contributed by atoms with van der Waals surface area (Å²) in [4.78, 5) is 0. The van der Waals surface area contributed by atoms with E-state index < -0.39 is 5.82 Å². The van der Waals surface area contributed by atoms with Gasteiger partial charge in [-0.05, 0) is 35.2 Å². The lowest BCUT2D eigenvalue weighted by Crippen LogP contribution is -2.28. The Kier molecular flexibility index (Phi) is 3.49. The number of fused-ring (bicyclic) bond motifs is 1. The molecule has 1 N–H and O–H groups in total. The number of halogens is 1. The van der Waals surface area contributed by atoms with Crippen molar-refractivity contribution in [3.63, 3.8) is 0 Å². The lowest BCUT2D eigenvalue weighted by molar-refractivity contribution is 0.535. The minimum atomic E-state index is -0.454. The van der Waals surface area contributed by atoms with Crippen LogP contribution < -0.4 is 5.32 Å². The van der Waals surface area contributed by atoms with Gasteiger partial charge in [-0.1, -0.05) is 30.3 Å². The Morgan fingerprint density at radius 1 is 1.25 bits per heavy atom. The van der Waals surface area contributed by atoms with Crippen LogP contribution in [-0.2, 0) is 13.0 Å². The average Bonchev–Trinajstić information content (AvgIpc) is 2.45. The van der Waals surface area contributed by atoms with Crippen LogP contribution in [0, 0.1) is 17.1 Å². The largest absolute Gasteiger partial charge is 0.312 e. The fourth-order valence-electron chi connectivity index (χ4n) is 2.70. The van der Waals surface area contributed by atoms with Crippen molar-refractivity contribution >= 4 is 0 Å². The molecular formula is C17H15FN2. The van der Waals surface area contributed by atoms with E-state index >= 15 is 0 Å². The van der Waals surface area contributed by atoms with Gasteiger partial charge in [0, 0.05) is 19.0 Å². The fourth-order valence-corrected chi connectivity index (χ4v) is 2.70. The van der Waals surface area contributed by atoms with E-state index in [-0.39, 0.29) is 5.56 Å². The first kappa shape index (κ1) is 12.8. The number of nitrogens with zero attached hydrogens (tertiary/aromatic N) is 1. The number of hydrogen-bond acceptors (Lipinski definition) is 2. The highest BCUT2D eigenvalue weighted by molar-refractivity contribution is 5.40. The van der Waals surface area contributed by atoms with Crippen molar-refractivity contribution in [1.29, 1.82) is 5.26 Å². The Bertz CT molecular complexity index is 673. The molecule has 1 aliphatic rings. The molecule has 0 saturated carbocycles. The van der Waals surface area contributed by atoms with Crippen LogP contribution >= 0.6 is 0 Å². The van der Waals surface area contributed by atoms with E-state index in [2.05, 4.69) is 29.6 Å². The van der Waals surface area contributed by atoms with Gasteiger partial charge < -0.3 is 5.32 Å². The Morgan fingerprint density at radius 3 is 2.90 bits per heavy atom. The molecule has 3 heteroatoms. The highest BCUT2D eigenvalue weighted by Crippen LogP contribution is 2.33. The maximum atomic E-state index is 13.2. The third-order valence-corrected chi connectivity index (χ3v) is 3.83. The summed E-state index contributed by atoms with van der Waals surface area (Å²) in [5.41, 5.74) is 3.92. The maximum Gasteiger partial charge on any atom is 0.140 e. The van der Waals surface area contributed by atoms with E-state index in [1.54, 1.807) is 12.1 Å². The molecule has 2 aromatic rings. The van der Waals surface area contributed by atoms with Crippen LogP contribution in [0.3, 0.4) is 0 Å². The molecule has 0 fully saturated rings. The van der Waals surface area contributed by atoms with E-state index in [1.165, 1.54) is 17.2 Å². The van der Waals surface area contributed by atoms with Gasteiger partial charge in [0.05, 0.1) is 5.56 Å². The fraction of sp³-hybridized carbons (Fsp3) is 0.235. The van der Waals surface area contributed by atoms with E-state index in [4.69, 9.17) is 5.26 Å². The zero-order chi connectivity index (χ0) is 13.9. The third kappa shape index (κ3) is 2.43. The molecule has 0 aliphatic heterocycles. The Morgan fingerprint density at radius 2 is 2.10 bits per heavy atom. The molecule has 2 aromatic carbocycles. The van der Waals surface area contributed by atoms with Gasteiger partial charge in [-0.15, -0.1) is 0 Å². The van der Waals surface area contributed by atoms with E-state index in [9.17, 15) is 4.39 Å². The summed E-state index contributed by atoms with van der Waals surface area (Å²) in [6.07, 6.45) is 1.12. The lowest BCUT2D eigenvalue weighted by atomic mass is 9.77. The number of hydrogen-bond donors (Lipinski definition) is 1. The highest BCUT2D eigenvalue weighted by Gasteiger charge is 2.24. The Labute approximate surface area is 117 Å². The molecule has 0 radical (unpaired) electrons. The Hall–Kier alpha value is -2.18. The summed E-state index contributed by atoms with van der Waals surface area (Å²) in [6.45, 7) is 1.57. The van der Waals surface area contributed by atoms with E-state index in [0.717, 1.165) is 18.5 Å². The van der Waals surface area contributed by atoms with Crippen molar-refractivity contribution in [1.82, 2.24) is 5.32 Å². The summed E-state index contributed by atoms with van der Waals surface area (Å²) in [6, 6.07) is 15.0. The van der Waals surface area contributed by atoms with Crippen molar-refractivity contribution in [3.05, 3.63) is 70.5 Å². The molecule has 0 amide bonds. The average molecular weight is 266 g/mol. The normalized spacial score (nSPS) is 16.1. The second kappa shape index (κ2) is 5.44. The summed E-state index contributed by atoms with van der Waals surface area (Å²) in [5.74, 6) is 0.117. The van der Waals surface area contributed by atoms with E-state index in [1.807, 2.05) is 6.07 Å². The first-order valence-electron chi connectivity index (χ1n) is 6.75. The molecule has 0 bridgehead atoms. The number of nitriles is 1. The zero-order valence-corrected chi connectivity index (χ0v) is 11.1. The summed E-state index contributed by atoms with van der Waals surface area (Å²) in [7, 11) is 0. The lowest BCUT2D eigenvalue weighted by Gasteiger charge is -2.30. The monoisotopic (exact) mass is 266 g/mol. The first-order valence-corrected chi connectivity index (χ1v) is 6.75. The second-order valence-electron chi connectivity index (χ2n) is 5.16. The Balaban J connectivity index is 1.56. The smallest absolute Gasteiger partial charge is 0.140 e. The van der Waals surface area contributed by atoms with Crippen LogP contribution in [0.5, 0.6) is 0 Å². The van der Waals surface area contributed by atoms with Crippen LogP contribution in [0.4, 0.5) is 4.39 Å². The predicted molar refractivity (Wildman–Crippen MR) is 75.7 cm³/mol. The molecule has 1 unspecified atom stereocenters. The summed E-state index contributed by atoms with van der Waals surface area (Å²) < 4.78 is 13.2. The molecule has 0 heterocycles. The van der Waals surface area contributed by atoms with E-state index in [0.29, 0.717) is 12.5 Å². The topological polar surface area (TPSA) is 35.8 Å². The van der Waals surface area contributed by atoms with Crippen LogP contribution in [0.1, 0.15) is 28.2 Å². The molecule has 3 rings (SSSR count). The van der Waals surface area contributed by atoms with Gasteiger partial charge in [-0.3, -0.25) is 0 Å². The third-order valence-electron chi connectivity index (χ3n) is 3.83. The zero-order valence-electron chi connectivity index (χ0n) is 11.1. The van der Waals surface area contributed by atoms with Crippen molar-refractivity contribution in [2.75, 3.05) is 6.54 Å². The van der Waals surface area contributed by atoms with Crippen LogP contribution in [-0.4, -0.2) is 6.54 Å². The van der Waals surface area contributed by atoms with Crippen molar-refractivity contribution in [2.45, 2.75) is 18.9 Å². The molecule has 1 aliphatic carbocycles. The first-order chi connectivity index (χ1) is 9.78. The number of benzene rings is 2. The number of rotatable bonds is 4. The highest BCUT2D eigenvalue weighted by atomic mass is 19.1.